The normalized spacial score (nSPS) is 28.2. The first-order valence-corrected chi connectivity index (χ1v) is 4.87. The third-order valence-electron chi connectivity index (χ3n) is 2.93. The third kappa shape index (κ3) is 2.09. The van der Waals surface area contributed by atoms with Gasteiger partial charge in [-0.25, -0.2) is 0 Å². The maximum atomic E-state index is 11.6. The molecular formula is C11H20O. The van der Waals surface area contributed by atoms with Crippen LogP contribution in [0.4, 0.5) is 0 Å². The van der Waals surface area contributed by atoms with E-state index in [1.807, 2.05) is 0 Å². The monoisotopic (exact) mass is 168 g/mol. The van der Waals surface area contributed by atoms with Gasteiger partial charge in [-0.1, -0.05) is 27.7 Å². The maximum Gasteiger partial charge on any atom is 0.138 e. The first-order chi connectivity index (χ1) is 5.33. The van der Waals surface area contributed by atoms with Gasteiger partial charge >= 0.3 is 0 Å². The molecule has 1 rings (SSSR count). The summed E-state index contributed by atoms with van der Waals surface area (Å²) >= 11 is 0. The number of rotatable bonds is 0. The van der Waals surface area contributed by atoms with Crippen molar-refractivity contribution in [2.24, 2.45) is 10.8 Å². The van der Waals surface area contributed by atoms with Crippen LogP contribution in [0.15, 0.2) is 0 Å². The van der Waals surface area contributed by atoms with Gasteiger partial charge in [0.15, 0.2) is 0 Å². The van der Waals surface area contributed by atoms with Crippen molar-refractivity contribution in [3.05, 3.63) is 0 Å². The molecule has 0 atom stereocenters. The number of ketones is 1. The zero-order valence-electron chi connectivity index (χ0n) is 8.74. The van der Waals surface area contributed by atoms with Crippen LogP contribution in [0.5, 0.6) is 0 Å². The average Bonchev–Trinajstić information content (AvgIpc) is 1.90. The molecule has 0 radical (unpaired) electrons. The van der Waals surface area contributed by atoms with Crippen molar-refractivity contribution in [3.63, 3.8) is 0 Å². The lowest BCUT2D eigenvalue weighted by molar-refractivity contribution is -0.127. The van der Waals surface area contributed by atoms with Crippen molar-refractivity contribution in [3.8, 4) is 0 Å². The fourth-order valence-corrected chi connectivity index (χ4v) is 2.45. The Morgan fingerprint density at radius 1 is 1.17 bits per heavy atom. The van der Waals surface area contributed by atoms with Gasteiger partial charge < -0.3 is 0 Å². The predicted octanol–water partition coefficient (Wildman–Crippen LogP) is 3.18. The van der Waals surface area contributed by atoms with Crippen LogP contribution in [-0.4, -0.2) is 5.78 Å². The fraction of sp³-hybridized carbons (Fsp3) is 0.909. The first kappa shape index (κ1) is 9.76. The molecule has 1 fully saturated rings. The summed E-state index contributed by atoms with van der Waals surface area (Å²) in [6, 6.07) is 0. The maximum absolute atomic E-state index is 11.6. The highest BCUT2D eigenvalue weighted by molar-refractivity contribution is 5.84. The summed E-state index contributed by atoms with van der Waals surface area (Å²) in [4.78, 5) is 11.6. The molecular weight excluding hydrogens is 148 g/mol. The summed E-state index contributed by atoms with van der Waals surface area (Å²) in [6.07, 6.45) is 4.10. The van der Waals surface area contributed by atoms with Gasteiger partial charge in [0, 0.05) is 11.8 Å². The van der Waals surface area contributed by atoms with E-state index in [9.17, 15) is 4.79 Å². The standard InChI is InChI=1S/C11H20O/c1-10(2)7-5-6-9(12)11(3,4)8-10/h5-8H2,1-4H3. The third-order valence-corrected chi connectivity index (χ3v) is 2.93. The number of Topliss-reactive ketones (excluding diaryl/α,β-unsaturated/α-hetero) is 1. The minimum absolute atomic E-state index is 0.0833. The van der Waals surface area contributed by atoms with E-state index in [0.717, 1.165) is 19.3 Å². The van der Waals surface area contributed by atoms with Gasteiger partial charge in [0.2, 0.25) is 0 Å². The Kier molecular flexibility index (Phi) is 2.33. The first-order valence-electron chi connectivity index (χ1n) is 4.87. The molecule has 1 saturated carbocycles. The Hall–Kier alpha value is -0.330. The highest BCUT2D eigenvalue weighted by Crippen LogP contribution is 2.41. The molecule has 0 heterocycles. The molecule has 1 aliphatic carbocycles. The summed E-state index contributed by atoms with van der Waals surface area (Å²) in [5.74, 6) is 0.452. The number of carbonyl (C=O) groups is 1. The summed E-state index contributed by atoms with van der Waals surface area (Å²) in [7, 11) is 0. The Labute approximate surface area is 75.5 Å². The van der Waals surface area contributed by atoms with Gasteiger partial charge in [0.05, 0.1) is 0 Å². The van der Waals surface area contributed by atoms with Crippen molar-refractivity contribution >= 4 is 5.78 Å². The Balaban J connectivity index is 2.80. The van der Waals surface area contributed by atoms with E-state index in [-0.39, 0.29) is 5.41 Å². The molecule has 0 aromatic carbocycles. The van der Waals surface area contributed by atoms with Crippen molar-refractivity contribution in [2.45, 2.75) is 53.4 Å². The minimum Gasteiger partial charge on any atom is -0.299 e. The minimum atomic E-state index is -0.0833. The van der Waals surface area contributed by atoms with Crippen molar-refractivity contribution in [1.29, 1.82) is 0 Å². The highest BCUT2D eigenvalue weighted by Gasteiger charge is 2.36. The molecule has 0 aliphatic heterocycles. The number of carbonyl (C=O) groups excluding carboxylic acids is 1. The van der Waals surface area contributed by atoms with Crippen molar-refractivity contribution < 1.29 is 4.79 Å². The molecule has 0 spiro atoms. The van der Waals surface area contributed by atoms with Crippen LogP contribution in [0.3, 0.4) is 0 Å². The van der Waals surface area contributed by atoms with E-state index in [1.165, 1.54) is 6.42 Å². The Bertz CT molecular complexity index is 189. The van der Waals surface area contributed by atoms with E-state index >= 15 is 0 Å². The van der Waals surface area contributed by atoms with Crippen molar-refractivity contribution in [1.82, 2.24) is 0 Å². The quantitative estimate of drug-likeness (QED) is 0.508. The molecule has 0 unspecified atom stereocenters. The largest absolute Gasteiger partial charge is 0.299 e. The molecule has 1 heteroatoms. The van der Waals surface area contributed by atoms with Crippen LogP contribution in [0.25, 0.3) is 0 Å². The van der Waals surface area contributed by atoms with E-state index < -0.39 is 0 Å². The molecule has 12 heavy (non-hydrogen) atoms. The molecule has 1 aliphatic rings. The van der Waals surface area contributed by atoms with E-state index in [0.29, 0.717) is 11.2 Å². The molecule has 0 saturated heterocycles. The second-order valence-corrected chi connectivity index (χ2v) is 5.50. The van der Waals surface area contributed by atoms with Crippen LogP contribution in [0, 0.1) is 10.8 Å². The van der Waals surface area contributed by atoms with E-state index in [1.54, 1.807) is 0 Å². The average molecular weight is 168 g/mol. The van der Waals surface area contributed by atoms with Gasteiger partial charge in [-0.3, -0.25) is 4.79 Å². The van der Waals surface area contributed by atoms with Crippen LogP contribution >= 0.6 is 0 Å². The van der Waals surface area contributed by atoms with Crippen LogP contribution in [-0.2, 0) is 4.79 Å². The Morgan fingerprint density at radius 2 is 1.75 bits per heavy atom. The summed E-state index contributed by atoms with van der Waals surface area (Å²) in [6.45, 7) is 8.71. The molecule has 0 N–H and O–H groups in total. The number of hydrogen-bond donors (Lipinski definition) is 0. The second-order valence-electron chi connectivity index (χ2n) is 5.50. The molecule has 0 aromatic heterocycles. The molecule has 70 valence electrons. The van der Waals surface area contributed by atoms with E-state index in [4.69, 9.17) is 0 Å². The smallest absolute Gasteiger partial charge is 0.138 e. The van der Waals surface area contributed by atoms with Gasteiger partial charge in [-0.05, 0) is 24.7 Å². The van der Waals surface area contributed by atoms with Crippen LogP contribution in [0.2, 0.25) is 0 Å². The number of hydrogen-bond acceptors (Lipinski definition) is 1. The lowest BCUT2D eigenvalue weighted by Gasteiger charge is -2.30. The molecule has 0 aromatic rings. The van der Waals surface area contributed by atoms with E-state index in [2.05, 4.69) is 27.7 Å². The van der Waals surface area contributed by atoms with Gasteiger partial charge in [-0.2, -0.15) is 0 Å². The van der Waals surface area contributed by atoms with Crippen LogP contribution < -0.4 is 0 Å². The lowest BCUT2D eigenvalue weighted by Crippen LogP contribution is -2.27. The Morgan fingerprint density at radius 3 is 2.33 bits per heavy atom. The fourth-order valence-electron chi connectivity index (χ4n) is 2.45. The van der Waals surface area contributed by atoms with Gasteiger partial charge in [-0.15, -0.1) is 0 Å². The molecule has 1 nitrogen and oxygen atoms in total. The van der Waals surface area contributed by atoms with Crippen molar-refractivity contribution in [2.75, 3.05) is 0 Å². The van der Waals surface area contributed by atoms with Gasteiger partial charge in [0.25, 0.3) is 0 Å². The molecule has 0 amide bonds. The van der Waals surface area contributed by atoms with Crippen LogP contribution in [0.1, 0.15) is 53.4 Å². The topological polar surface area (TPSA) is 17.1 Å². The lowest BCUT2D eigenvalue weighted by atomic mass is 9.74. The predicted molar refractivity (Wildman–Crippen MR) is 51.0 cm³/mol. The van der Waals surface area contributed by atoms with Gasteiger partial charge in [0.1, 0.15) is 5.78 Å². The summed E-state index contributed by atoms with van der Waals surface area (Å²) in [5.41, 5.74) is 0.273. The highest BCUT2D eigenvalue weighted by atomic mass is 16.1. The zero-order chi connectivity index (χ0) is 9.41. The summed E-state index contributed by atoms with van der Waals surface area (Å²) < 4.78 is 0. The SMILES string of the molecule is CC1(C)CCCC(=O)C(C)(C)C1. The molecule has 0 bridgehead atoms. The second kappa shape index (κ2) is 2.86. The zero-order valence-corrected chi connectivity index (χ0v) is 8.74. The summed E-state index contributed by atoms with van der Waals surface area (Å²) in [5, 5.41) is 0.